The van der Waals surface area contributed by atoms with Crippen LogP contribution < -0.4 is 14.8 Å². The van der Waals surface area contributed by atoms with Gasteiger partial charge in [0.25, 0.3) is 5.91 Å². The third-order valence-corrected chi connectivity index (χ3v) is 6.43. The van der Waals surface area contributed by atoms with Crippen LogP contribution in [-0.2, 0) is 0 Å². The molecule has 1 N–H and O–H groups in total. The Labute approximate surface area is 143 Å². The lowest BCUT2D eigenvalue weighted by Gasteiger charge is -2.56. The Bertz CT molecular complexity index is 604. The molecular weight excluding hydrogens is 302 g/mol. The predicted octanol–water partition coefficient (Wildman–Crippen LogP) is 3.65. The highest BCUT2D eigenvalue weighted by Gasteiger charge is 2.50. The fourth-order valence-corrected chi connectivity index (χ4v) is 5.85. The van der Waals surface area contributed by atoms with Gasteiger partial charge in [0.1, 0.15) is 0 Å². The van der Waals surface area contributed by atoms with Gasteiger partial charge in [-0.3, -0.25) is 4.79 Å². The van der Waals surface area contributed by atoms with E-state index in [1.807, 2.05) is 0 Å². The van der Waals surface area contributed by atoms with Crippen LogP contribution in [0, 0.1) is 23.2 Å². The molecule has 24 heavy (non-hydrogen) atoms. The molecule has 4 aliphatic rings. The molecule has 4 bridgehead atoms. The van der Waals surface area contributed by atoms with Crippen molar-refractivity contribution in [3.05, 3.63) is 23.8 Å². The van der Waals surface area contributed by atoms with E-state index in [0.29, 0.717) is 22.5 Å². The van der Waals surface area contributed by atoms with Crippen molar-refractivity contribution in [3.63, 3.8) is 0 Å². The first-order chi connectivity index (χ1) is 11.6. The van der Waals surface area contributed by atoms with E-state index in [1.54, 1.807) is 32.4 Å². The third kappa shape index (κ3) is 2.76. The third-order valence-electron chi connectivity index (χ3n) is 6.43. The molecule has 1 aromatic carbocycles. The maximum atomic E-state index is 12.6. The normalized spacial score (nSPS) is 33.3. The molecule has 4 aliphatic carbocycles. The molecule has 5 rings (SSSR count). The number of hydrogen-bond donors (Lipinski definition) is 1. The zero-order chi connectivity index (χ0) is 16.7. The topological polar surface area (TPSA) is 47.6 Å². The Balaban J connectivity index is 1.43. The highest BCUT2D eigenvalue weighted by atomic mass is 16.5. The first-order valence-corrected chi connectivity index (χ1v) is 9.11. The van der Waals surface area contributed by atoms with Crippen molar-refractivity contribution in [1.29, 1.82) is 0 Å². The second-order valence-corrected chi connectivity index (χ2v) is 8.17. The summed E-state index contributed by atoms with van der Waals surface area (Å²) in [5, 5.41) is 3.21. The standard InChI is InChI=1S/C20H27NO3/c1-23-17-4-3-16(8-18(17)24-2)19(22)21-12-20-9-13-5-14(10-20)7-15(6-13)11-20/h3-4,8,13-15H,5-7,9-12H2,1-2H3,(H,21,22). The zero-order valence-corrected chi connectivity index (χ0v) is 14.6. The van der Waals surface area contributed by atoms with Crippen molar-refractivity contribution in [3.8, 4) is 11.5 Å². The molecule has 0 atom stereocenters. The van der Waals surface area contributed by atoms with Crippen LogP contribution in [0.15, 0.2) is 18.2 Å². The van der Waals surface area contributed by atoms with Crippen molar-refractivity contribution < 1.29 is 14.3 Å². The lowest BCUT2D eigenvalue weighted by Crippen LogP contribution is -2.51. The van der Waals surface area contributed by atoms with Crippen LogP contribution >= 0.6 is 0 Å². The summed E-state index contributed by atoms with van der Waals surface area (Å²) >= 11 is 0. The molecule has 4 saturated carbocycles. The first-order valence-electron chi connectivity index (χ1n) is 9.11. The van der Waals surface area contributed by atoms with Crippen molar-refractivity contribution in [2.24, 2.45) is 23.2 Å². The van der Waals surface area contributed by atoms with Gasteiger partial charge < -0.3 is 14.8 Å². The van der Waals surface area contributed by atoms with E-state index < -0.39 is 0 Å². The molecule has 1 aromatic rings. The summed E-state index contributed by atoms with van der Waals surface area (Å²) in [5.74, 6) is 3.97. The molecule has 0 spiro atoms. The highest BCUT2D eigenvalue weighted by molar-refractivity contribution is 5.94. The summed E-state index contributed by atoms with van der Waals surface area (Å²) in [6.45, 7) is 0.823. The molecule has 130 valence electrons. The smallest absolute Gasteiger partial charge is 0.251 e. The van der Waals surface area contributed by atoms with E-state index in [4.69, 9.17) is 9.47 Å². The molecule has 4 heteroatoms. The summed E-state index contributed by atoms with van der Waals surface area (Å²) in [5.41, 5.74) is 0.999. The van der Waals surface area contributed by atoms with E-state index >= 15 is 0 Å². The number of carbonyl (C=O) groups excluding carboxylic acids is 1. The van der Waals surface area contributed by atoms with Crippen LogP contribution in [0.2, 0.25) is 0 Å². The fourth-order valence-electron chi connectivity index (χ4n) is 5.85. The van der Waals surface area contributed by atoms with E-state index in [1.165, 1.54) is 38.5 Å². The number of amides is 1. The number of methoxy groups -OCH3 is 2. The second-order valence-electron chi connectivity index (χ2n) is 8.17. The summed E-state index contributed by atoms with van der Waals surface area (Å²) in [4.78, 5) is 12.6. The molecule has 0 saturated heterocycles. The molecule has 0 radical (unpaired) electrons. The van der Waals surface area contributed by atoms with Gasteiger partial charge in [-0.25, -0.2) is 0 Å². The monoisotopic (exact) mass is 329 g/mol. The molecule has 0 unspecified atom stereocenters. The maximum absolute atomic E-state index is 12.6. The minimum atomic E-state index is -0.00769. The van der Waals surface area contributed by atoms with Gasteiger partial charge in [0.15, 0.2) is 11.5 Å². The Morgan fingerprint density at radius 2 is 1.62 bits per heavy atom. The molecule has 0 aliphatic heterocycles. The summed E-state index contributed by atoms with van der Waals surface area (Å²) in [7, 11) is 3.19. The van der Waals surface area contributed by atoms with Gasteiger partial charge in [0.2, 0.25) is 0 Å². The predicted molar refractivity (Wildman–Crippen MR) is 92.5 cm³/mol. The Morgan fingerprint density at radius 1 is 1.04 bits per heavy atom. The minimum absolute atomic E-state index is 0.00769. The SMILES string of the molecule is COc1ccc(C(=O)NCC23CC4CC(CC(C4)C2)C3)cc1OC. The van der Waals surface area contributed by atoms with Crippen LogP contribution in [0.5, 0.6) is 11.5 Å². The number of ether oxygens (including phenoxy) is 2. The minimum Gasteiger partial charge on any atom is -0.493 e. The molecule has 0 aromatic heterocycles. The van der Waals surface area contributed by atoms with Crippen molar-refractivity contribution in [1.82, 2.24) is 5.32 Å². The molecule has 4 fully saturated rings. The van der Waals surface area contributed by atoms with Crippen LogP contribution in [0.4, 0.5) is 0 Å². The Hall–Kier alpha value is -1.71. The fraction of sp³-hybridized carbons (Fsp3) is 0.650. The number of benzene rings is 1. The zero-order valence-electron chi connectivity index (χ0n) is 14.6. The quantitative estimate of drug-likeness (QED) is 0.897. The van der Waals surface area contributed by atoms with E-state index in [9.17, 15) is 4.79 Å². The molecule has 0 heterocycles. The van der Waals surface area contributed by atoms with Gasteiger partial charge in [-0.05, 0) is 79.9 Å². The first kappa shape index (κ1) is 15.8. The average molecular weight is 329 g/mol. The number of carbonyl (C=O) groups is 1. The van der Waals surface area contributed by atoms with Crippen LogP contribution in [-0.4, -0.2) is 26.7 Å². The molecular formula is C20H27NO3. The van der Waals surface area contributed by atoms with Crippen molar-refractivity contribution in [2.75, 3.05) is 20.8 Å². The lowest BCUT2D eigenvalue weighted by molar-refractivity contribution is -0.0503. The van der Waals surface area contributed by atoms with Gasteiger partial charge in [0.05, 0.1) is 14.2 Å². The van der Waals surface area contributed by atoms with Crippen LogP contribution in [0.3, 0.4) is 0 Å². The lowest BCUT2D eigenvalue weighted by atomic mass is 9.49. The van der Waals surface area contributed by atoms with Crippen molar-refractivity contribution in [2.45, 2.75) is 38.5 Å². The molecule has 1 amide bonds. The van der Waals surface area contributed by atoms with Gasteiger partial charge in [-0.2, -0.15) is 0 Å². The van der Waals surface area contributed by atoms with Crippen LogP contribution in [0.1, 0.15) is 48.9 Å². The summed E-state index contributed by atoms with van der Waals surface area (Å²) in [6.07, 6.45) is 8.23. The summed E-state index contributed by atoms with van der Waals surface area (Å²) < 4.78 is 10.5. The maximum Gasteiger partial charge on any atom is 0.251 e. The van der Waals surface area contributed by atoms with Crippen LogP contribution in [0.25, 0.3) is 0 Å². The largest absolute Gasteiger partial charge is 0.493 e. The summed E-state index contributed by atoms with van der Waals surface area (Å²) in [6, 6.07) is 5.35. The second kappa shape index (κ2) is 5.98. The highest BCUT2D eigenvalue weighted by Crippen LogP contribution is 2.59. The van der Waals surface area contributed by atoms with E-state index in [2.05, 4.69) is 5.32 Å². The van der Waals surface area contributed by atoms with E-state index in [0.717, 1.165) is 24.3 Å². The van der Waals surface area contributed by atoms with Gasteiger partial charge in [-0.15, -0.1) is 0 Å². The molecule has 4 nitrogen and oxygen atoms in total. The Kier molecular flexibility index (Phi) is 3.93. The van der Waals surface area contributed by atoms with Gasteiger partial charge in [-0.1, -0.05) is 0 Å². The van der Waals surface area contributed by atoms with Crippen molar-refractivity contribution >= 4 is 5.91 Å². The Morgan fingerprint density at radius 3 is 2.17 bits per heavy atom. The van der Waals surface area contributed by atoms with Gasteiger partial charge in [0, 0.05) is 12.1 Å². The number of hydrogen-bond acceptors (Lipinski definition) is 3. The number of nitrogens with one attached hydrogen (secondary N) is 1. The van der Waals surface area contributed by atoms with E-state index in [-0.39, 0.29) is 5.91 Å². The average Bonchev–Trinajstić information content (AvgIpc) is 2.58. The number of rotatable bonds is 5. The van der Waals surface area contributed by atoms with Gasteiger partial charge >= 0.3 is 0 Å².